The lowest BCUT2D eigenvalue weighted by molar-refractivity contribution is -0.347. The lowest BCUT2D eigenvalue weighted by atomic mass is 10.2. The predicted octanol–water partition coefficient (Wildman–Crippen LogP) is 1.68. The van der Waals surface area contributed by atoms with Crippen molar-refractivity contribution in [2.24, 2.45) is 0 Å². The molecule has 0 heterocycles. The Bertz CT molecular complexity index is 724. The first-order chi connectivity index (χ1) is 12.9. The number of hydrogen-bond donors (Lipinski definition) is 1. The Kier molecular flexibility index (Phi) is 8.63. The Hall–Kier alpha value is -1.94. The van der Waals surface area contributed by atoms with Crippen LogP contribution in [0.5, 0.6) is 0 Å². The van der Waals surface area contributed by atoms with Crippen molar-refractivity contribution in [3.05, 3.63) is 12.7 Å². The number of carbonyl (C=O) groups excluding carboxylic acids is 2. The fourth-order valence-corrected chi connectivity index (χ4v) is 2.18. The van der Waals surface area contributed by atoms with Crippen LogP contribution in [0, 0.1) is 0 Å². The maximum atomic E-state index is 13.4. The Morgan fingerprint density at radius 3 is 2.03 bits per heavy atom. The Morgan fingerprint density at radius 2 is 1.66 bits per heavy atom. The third-order valence-corrected chi connectivity index (χ3v) is 4.03. The van der Waals surface area contributed by atoms with Crippen LogP contribution in [-0.4, -0.2) is 61.1 Å². The van der Waals surface area contributed by atoms with Gasteiger partial charge in [0.15, 0.2) is 10.1 Å². The molecule has 8 nitrogen and oxygen atoms in total. The Labute approximate surface area is 159 Å². The second-order valence-corrected chi connectivity index (χ2v) is 6.65. The van der Waals surface area contributed by atoms with Gasteiger partial charge in [-0.1, -0.05) is 6.58 Å². The van der Waals surface area contributed by atoms with Crippen LogP contribution in [0.25, 0.3) is 0 Å². The number of carbonyl (C=O) groups is 2. The fraction of sp³-hybridized carbons (Fsp3) is 0.692. The van der Waals surface area contributed by atoms with Crippen LogP contribution in [-0.2, 0) is 29.2 Å². The van der Waals surface area contributed by atoms with Gasteiger partial charge in [0.1, 0.15) is 0 Å². The van der Waals surface area contributed by atoms with E-state index in [2.05, 4.69) is 16.1 Å². The van der Waals surface area contributed by atoms with Gasteiger partial charge < -0.3 is 19.3 Å². The predicted molar refractivity (Wildman–Crippen MR) is 78.5 cm³/mol. The van der Waals surface area contributed by atoms with E-state index in [9.17, 15) is 53.3 Å². The second-order valence-electron chi connectivity index (χ2n) is 5.23. The molecule has 0 aliphatic heterocycles. The summed E-state index contributed by atoms with van der Waals surface area (Å²) in [5, 5.41) is -4.41. The van der Waals surface area contributed by atoms with Gasteiger partial charge in [-0.05, 0) is 13.3 Å². The third-order valence-electron chi connectivity index (χ3n) is 3.10. The largest absolute Gasteiger partial charge is 0.743 e. The van der Waals surface area contributed by atoms with Crippen molar-refractivity contribution < 1.29 is 62.8 Å². The first-order valence-corrected chi connectivity index (χ1v) is 8.86. The van der Waals surface area contributed by atoms with E-state index in [1.54, 1.807) is 5.32 Å². The number of nitrogens with one attached hydrogen (secondary N) is 1. The summed E-state index contributed by atoms with van der Waals surface area (Å²) in [4.78, 5) is 23.0. The first kappa shape index (κ1) is 27.1. The van der Waals surface area contributed by atoms with E-state index in [1.807, 2.05) is 0 Å². The molecule has 0 aliphatic rings. The lowest BCUT2D eigenvalue weighted by Crippen LogP contribution is -2.61. The topological polar surface area (TPSA) is 122 Å². The molecule has 1 atom stereocenters. The Balaban J connectivity index is 5.57. The molecule has 170 valence electrons. The summed E-state index contributed by atoms with van der Waals surface area (Å²) in [6.07, 6.45) is -9.01. The van der Waals surface area contributed by atoms with Gasteiger partial charge in [0, 0.05) is 19.0 Å². The molecule has 0 rings (SSSR count). The number of esters is 1. The van der Waals surface area contributed by atoms with Crippen LogP contribution in [0.4, 0.5) is 30.7 Å². The molecule has 0 aromatic carbocycles. The molecular formula is C13H15F7NO7S-. The molecule has 0 spiro atoms. The van der Waals surface area contributed by atoms with Crippen molar-refractivity contribution in [1.82, 2.24) is 5.32 Å². The minimum Gasteiger partial charge on any atom is -0.743 e. The molecule has 1 amide bonds. The number of halogens is 7. The summed E-state index contributed by atoms with van der Waals surface area (Å²) in [5.41, 5.74) is 0. The normalized spacial score (nSPS) is 15.3. The summed E-state index contributed by atoms with van der Waals surface area (Å²) >= 11 is 0. The zero-order valence-corrected chi connectivity index (χ0v) is 15.3. The van der Waals surface area contributed by atoms with E-state index in [1.165, 1.54) is 6.92 Å². The van der Waals surface area contributed by atoms with Crippen LogP contribution >= 0.6 is 0 Å². The molecule has 16 heteroatoms. The van der Waals surface area contributed by atoms with Gasteiger partial charge in [-0.3, -0.25) is 4.79 Å². The molecule has 0 bridgehead atoms. The van der Waals surface area contributed by atoms with Crippen LogP contribution < -0.4 is 5.32 Å². The number of amides is 1. The zero-order valence-electron chi connectivity index (χ0n) is 14.5. The number of ether oxygens (including phenoxy) is 2. The molecule has 0 saturated heterocycles. The molecule has 0 radical (unpaired) electrons. The van der Waals surface area contributed by atoms with E-state index in [0.29, 0.717) is 0 Å². The summed E-state index contributed by atoms with van der Waals surface area (Å²) in [7, 11) is -6.79. The van der Waals surface area contributed by atoms with Crippen LogP contribution in [0.15, 0.2) is 12.7 Å². The van der Waals surface area contributed by atoms with Crippen LogP contribution in [0.3, 0.4) is 0 Å². The number of hydrogen-bond acceptors (Lipinski definition) is 7. The molecular weight excluding hydrogens is 447 g/mol. The van der Waals surface area contributed by atoms with Crippen LogP contribution in [0.2, 0.25) is 0 Å². The quantitative estimate of drug-likeness (QED) is 0.124. The molecule has 1 unspecified atom stereocenters. The van der Waals surface area contributed by atoms with Gasteiger partial charge in [0.25, 0.3) is 0 Å². The van der Waals surface area contributed by atoms with E-state index >= 15 is 0 Å². The van der Waals surface area contributed by atoms with Crippen molar-refractivity contribution in [3.8, 4) is 0 Å². The van der Waals surface area contributed by atoms with E-state index in [4.69, 9.17) is 0 Å². The standard InChI is InChI=1S/C13H16F7NO7S/c1-3-8(22)28-11(12(16,17)18,9(23)21-4-2)27-7-5-6-10(14,15)13(19,20)29(24,25)26/h3H,1,4-7H2,2H3,(H,21,23)(H,24,25,26)/p-1. The molecule has 29 heavy (non-hydrogen) atoms. The molecule has 1 N–H and O–H groups in total. The summed E-state index contributed by atoms with van der Waals surface area (Å²) in [5.74, 6) is -13.6. The van der Waals surface area contributed by atoms with E-state index in [0.717, 1.165) is 0 Å². The minimum absolute atomic E-state index is 0.233. The van der Waals surface area contributed by atoms with Crippen molar-refractivity contribution in [2.45, 2.75) is 42.9 Å². The Morgan fingerprint density at radius 1 is 1.14 bits per heavy atom. The maximum Gasteiger partial charge on any atom is 0.466 e. The molecule has 0 saturated carbocycles. The van der Waals surface area contributed by atoms with E-state index < -0.39 is 71.1 Å². The summed E-state index contributed by atoms with van der Waals surface area (Å²) in [6, 6.07) is 0. The van der Waals surface area contributed by atoms with Gasteiger partial charge in [0.05, 0.1) is 6.61 Å². The second kappa shape index (κ2) is 9.25. The van der Waals surface area contributed by atoms with Gasteiger partial charge in [0.2, 0.25) is 0 Å². The van der Waals surface area contributed by atoms with Crippen molar-refractivity contribution in [2.75, 3.05) is 13.2 Å². The maximum absolute atomic E-state index is 13.4. The SMILES string of the molecule is C=CC(=O)OC(OCCCC(F)(F)C(F)(F)S(=O)(=O)[O-])(C(=O)NCC)C(F)(F)F. The average molecular weight is 462 g/mol. The first-order valence-electron chi connectivity index (χ1n) is 7.45. The number of rotatable bonds is 11. The van der Waals surface area contributed by atoms with Gasteiger partial charge in [-0.2, -0.15) is 30.7 Å². The minimum atomic E-state index is -6.79. The highest BCUT2D eigenvalue weighted by molar-refractivity contribution is 7.86. The summed E-state index contributed by atoms with van der Waals surface area (Å²) < 4.78 is 132. The number of alkyl halides is 7. The van der Waals surface area contributed by atoms with Crippen LogP contribution in [0.1, 0.15) is 19.8 Å². The third kappa shape index (κ3) is 6.02. The highest BCUT2D eigenvalue weighted by atomic mass is 32.2. The smallest absolute Gasteiger partial charge is 0.466 e. The fourth-order valence-electron chi connectivity index (χ4n) is 1.71. The molecule has 0 aromatic rings. The zero-order chi connectivity index (χ0) is 23.3. The lowest BCUT2D eigenvalue weighted by Gasteiger charge is -2.33. The highest BCUT2D eigenvalue weighted by Gasteiger charge is 2.66. The summed E-state index contributed by atoms with van der Waals surface area (Å²) in [6.45, 7) is 2.07. The van der Waals surface area contributed by atoms with Gasteiger partial charge >= 0.3 is 35.0 Å². The molecule has 0 aliphatic carbocycles. The van der Waals surface area contributed by atoms with Gasteiger partial charge in [-0.15, -0.1) is 0 Å². The molecule has 0 aromatic heterocycles. The van der Waals surface area contributed by atoms with Crippen molar-refractivity contribution in [3.63, 3.8) is 0 Å². The number of likely N-dealkylation sites (N-methyl/N-ethyl adjacent to an activating group) is 1. The molecule has 0 fully saturated rings. The average Bonchev–Trinajstić information content (AvgIpc) is 2.55. The monoisotopic (exact) mass is 462 g/mol. The van der Waals surface area contributed by atoms with Gasteiger partial charge in [-0.25, -0.2) is 13.2 Å². The van der Waals surface area contributed by atoms with E-state index in [-0.39, 0.29) is 6.08 Å². The highest BCUT2D eigenvalue weighted by Crippen LogP contribution is 2.42. The van der Waals surface area contributed by atoms with Crippen molar-refractivity contribution >= 4 is 22.0 Å². The van der Waals surface area contributed by atoms with Crippen molar-refractivity contribution in [1.29, 1.82) is 0 Å².